The maximum atomic E-state index is 13.3. The number of hydrogen-bond donors (Lipinski definition) is 0. The molecule has 0 N–H and O–H groups in total. The minimum absolute atomic E-state index is 0.294. The summed E-state index contributed by atoms with van der Waals surface area (Å²) in [7, 11) is 3.24. The van der Waals surface area contributed by atoms with Crippen molar-refractivity contribution in [1.29, 1.82) is 0 Å². The van der Waals surface area contributed by atoms with Gasteiger partial charge in [-0.05, 0) is 55.7 Å². The van der Waals surface area contributed by atoms with Crippen LogP contribution in [0.15, 0.2) is 41.1 Å². The highest BCUT2D eigenvalue weighted by molar-refractivity contribution is 6.06. The van der Waals surface area contributed by atoms with Crippen LogP contribution in [0.4, 0.5) is 0 Å². The molecule has 0 radical (unpaired) electrons. The maximum absolute atomic E-state index is 13.3. The van der Waals surface area contributed by atoms with Gasteiger partial charge in [-0.2, -0.15) is 0 Å². The first kappa shape index (κ1) is 20.2. The van der Waals surface area contributed by atoms with E-state index in [0.29, 0.717) is 29.3 Å². The SMILES string of the molecule is CCOC(=O)c1c(-c2ccc3ncoc3c2)c(C)n2c1-c1cc(OC)c(OC)cc1CC2. The van der Waals surface area contributed by atoms with E-state index in [4.69, 9.17) is 18.6 Å². The van der Waals surface area contributed by atoms with E-state index in [-0.39, 0.29) is 5.97 Å². The number of benzene rings is 2. The third-order valence-electron chi connectivity index (χ3n) is 6.09. The number of carbonyl (C=O) groups excluding carboxylic acids is 1. The van der Waals surface area contributed by atoms with Crippen molar-refractivity contribution in [3.8, 4) is 33.9 Å². The van der Waals surface area contributed by atoms with Crippen molar-refractivity contribution in [2.75, 3.05) is 20.8 Å². The van der Waals surface area contributed by atoms with Crippen LogP contribution in [-0.2, 0) is 17.7 Å². The Balaban J connectivity index is 1.81. The molecule has 1 aliphatic rings. The molecule has 7 heteroatoms. The molecule has 1 aliphatic heterocycles. The largest absolute Gasteiger partial charge is 0.493 e. The first-order valence-electron chi connectivity index (χ1n) is 10.6. The molecule has 4 aromatic rings. The van der Waals surface area contributed by atoms with Crippen LogP contribution in [0.3, 0.4) is 0 Å². The molecule has 0 unspecified atom stereocenters. The van der Waals surface area contributed by atoms with Crippen molar-refractivity contribution in [3.05, 3.63) is 53.5 Å². The zero-order valence-electron chi connectivity index (χ0n) is 18.5. The summed E-state index contributed by atoms with van der Waals surface area (Å²) >= 11 is 0. The fourth-order valence-electron chi connectivity index (χ4n) is 4.64. The highest BCUT2D eigenvalue weighted by Crippen LogP contribution is 2.45. The number of hydrogen-bond acceptors (Lipinski definition) is 6. The average Bonchev–Trinajstić information content (AvgIpc) is 3.40. The predicted molar refractivity (Wildman–Crippen MR) is 120 cm³/mol. The average molecular weight is 432 g/mol. The number of carbonyl (C=O) groups is 1. The second-order valence-corrected chi connectivity index (χ2v) is 7.71. The minimum Gasteiger partial charge on any atom is -0.493 e. The highest BCUT2D eigenvalue weighted by Gasteiger charge is 2.32. The van der Waals surface area contributed by atoms with E-state index in [1.165, 1.54) is 6.39 Å². The van der Waals surface area contributed by atoms with Gasteiger partial charge in [-0.3, -0.25) is 0 Å². The number of methoxy groups -OCH3 is 2. The third-order valence-corrected chi connectivity index (χ3v) is 6.09. The Morgan fingerprint density at radius 3 is 2.69 bits per heavy atom. The predicted octanol–water partition coefficient (Wildman–Crippen LogP) is 5.02. The molecule has 0 fully saturated rings. The van der Waals surface area contributed by atoms with Crippen molar-refractivity contribution in [1.82, 2.24) is 9.55 Å². The number of esters is 1. The van der Waals surface area contributed by atoms with Crippen LogP contribution in [0.1, 0.15) is 28.5 Å². The van der Waals surface area contributed by atoms with Crippen molar-refractivity contribution >= 4 is 17.1 Å². The van der Waals surface area contributed by atoms with Gasteiger partial charge in [0.15, 0.2) is 23.5 Å². The zero-order valence-corrected chi connectivity index (χ0v) is 18.5. The van der Waals surface area contributed by atoms with Gasteiger partial charge in [0.2, 0.25) is 0 Å². The molecule has 0 saturated heterocycles. The molecule has 5 rings (SSSR count). The van der Waals surface area contributed by atoms with Crippen LogP contribution in [0, 0.1) is 6.92 Å². The fraction of sp³-hybridized carbons (Fsp3) is 0.280. The first-order chi connectivity index (χ1) is 15.6. The molecule has 0 amide bonds. The smallest absolute Gasteiger partial charge is 0.340 e. The van der Waals surface area contributed by atoms with Gasteiger partial charge in [0.05, 0.1) is 32.1 Å². The van der Waals surface area contributed by atoms with Crippen molar-refractivity contribution in [3.63, 3.8) is 0 Å². The molecule has 3 heterocycles. The van der Waals surface area contributed by atoms with E-state index >= 15 is 0 Å². The van der Waals surface area contributed by atoms with Gasteiger partial charge >= 0.3 is 5.97 Å². The lowest BCUT2D eigenvalue weighted by Gasteiger charge is -2.23. The van der Waals surface area contributed by atoms with Crippen LogP contribution in [0.2, 0.25) is 0 Å². The number of nitrogens with zero attached hydrogens (tertiary/aromatic N) is 2. The van der Waals surface area contributed by atoms with Crippen molar-refractivity contribution in [2.24, 2.45) is 0 Å². The van der Waals surface area contributed by atoms with E-state index in [2.05, 4.69) is 9.55 Å². The highest BCUT2D eigenvalue weighted by atomic mass is 16.5. The summed E-state index contributed by atoms with van der Waals surface area (Å²) in [6.07, 6.45) is 2.25. The minimum atomic E-state index is -0.348. The number of aromatic nitrogens is 2. The normalized spacial score (nSPS) is 12.4. The quantitative estimate of drug-likeness (QED) is 0.412. The first-order valence-corrected chi connectivity index (χ1v) is 10.6. The Hall–Kier alpha value is -3.74. The summed E-state index contributed by atoms with van der Waals surface area (Å²) in [5, 5.41) is 0. The zero-order chi connectivity index (χ0) is 22.4. The van der Waals surface area contributed by atoms with Crippen LogP contribution in [-0.4, -0.2) is 36.3 Å². The van der Waals surface area contributed by atoms with E-state index in [1.807, 2.05) is 44.2 Å². The van der Waals surface area contributed by atoms with Crippen LogP contribution >= 0.6 is 0 Å². The molecule has 164 valence electrons. The third kappa shape index (κ3) is 2.96. The number of rotatable bonds is 5. The lowest BCUT2D eigenvalue weighted by Crippen LogP contribution is -2.15. The number of oxazole rings is 1. The lowest BCUT2D eigenvalue weighted by molar-refractivity contribution is 0.0528. The molecule has 0 saturated carbocycles. The monoisotopic (exact) mass is 432 g/mol. The molecular formula is C25H24N2O5. The summed E-state index contributed by atoms with van der Waals surface area (Å²) < 4.78 is 24.3. The van der Waals surface area contributed by atoms with Gasteiger partial charge in [-0.1, -0.05) is 6.07 Å². The molecule has 7 nitrogen and oxygen atoms in total. The summed E-state index contributed by atoms with van der Waals surface area (Å²) in [4.78, 5) is 17.5. The standard InChI is InChI=1S/C25H24N2O5/c1-5-31-25(28)23-22(16-6-7-18-19(11-16)32-13-26-18)14(2)27-9-8-15-10-20(29-3)21(30-4)12-17(15)24(23)27/h6-7,10-13H,5,8-9H2,1-4H3. The Labute approximate surface area is 185 Å². The topological polar surface area (TPSA) is 75.7 Å². The van der Waals surface area contributed by atoms with E-state index in [0.717, 1.165) is 52.1 Å². The molecule has 0 atom stereocenters. The molecule has 0 bridgehead atoms. The van der Waals surface area contributed by atoms with E-state index < -0.39 is 0 Å². The Morgan fingerprint density at radius 1 is 1.16 bits per heavy atom. The molecular weight excluding hydrogens is 408 g/mol. The van der Waals surface area contributed by atoms with Crippen LogP contribution < -0.4 is 9.47 Å². The second kappa shape index (κ2) is 7.75. The van der Waals surface area contributed by atoms with Gasteiger partial charge in [0.1, 0.15) is 5.52 Å². The van der Waals surface area contributed by atoms with Gasteiger partial charge in [-0.25, -0.2) is 9.78 Å². The van der Waals surface area contributed by atoms with E-state index in [1.54, 1.807) is 14.2 Å². The molecule has 2 aromatic carbocycles. The summed E-state index contributed by atoms with van der Waals surface area (Å²) in [6, 6.07) is 9.74. The van der Waals surface area contributed by atoms with Crippen molar-refractivity contribution < 1.29 is 23.4 Å². The second-order valence-electron chi connectivity index (χ2n) is 7.71. The van der Waals surface area contributed by atoms with Gasteiger partial charge in [-0.15, -0.1) is 0 Å². The summed E-state index contributed by atoms with van der Waals surface area (Å²) in [5.74, 6) is 0.953. The van der Waals surface area contributed by atoms with Gasteiger partial charge < -0.3 is 23.2 Å². The van der Waals surface area contributed by atoms with Gasteiger partial charge in [0.25, 0.3) is 0 Å². The molecule has 0 aliphatic carbocycles. The maximum Gasteiger partial charge on any atom is 0.340 e. The van der Waals surface area contributed by atoms with E-state index in [9.17, 15) is 4.79 Å². The molecule has 32 heavy (non-hydrogen) atoms. The lowest BCUT2D eigenvalue weighted by atomic mass is 9.93. The number of ether oxygens (including phenoxy) is 3. The Kier molecular flexibility index (Phi) is 4.89. The molecule has 0 spiro atoms. The van der Waals surface area contributed by atoms with Crippen molar-refractivity contribution in [2.45, 2.75) is 26.8 Å². The van der Waals surface area contributed by atoms with Crippen LogP contribution in [0.25, 0.3) is 33.5 Å². The summed E-state index contributed by atoms with van der Waals surface area (Å²) in [6.45, 7) is 4.90. The molecule has 2 aromatic heterocycles. The van der Waals surface area contributed by atoms with Crippen LogP contribution in [0.5, 0.6) is 11.5 Å². The number of aryl methyl sites for hydroxylation is 1. The Bertz CT molecular complexity index is 1350. The Morgan fingerprint density at radius 2 is 1.94 bits per heavy atom. The summed E-state index contributed by atoms with van der Waals surface area (Å²) in [5.41, 5.74) is 7.64. The number of fused-ring (bicyclic) bond motifs is 4. The van der Waals surface area contributed by atoms with Gasteiger partial charge in [0, 0.05) is 23.4 Å². The fourth-order valence-corrected chi connectivity index (χ4v) is 4.64.